The summed E-state index contributed by atoms with van der Waals surface area (Å²) >= 11 is 6.34. The molecule has 0 radical (unpaired) electrons. The van der Waals surface area contributed by atoms with Crippen LogP contribution in [0.25, 0.3) is 5.69 Å². The molecule has 1 aromatic heterocycles. The number of carbonyl (C=O) groups excluding carboxylic acids is 1. The molecular weight excluding hydrogens is 369 g/mol. The molecule has 7 heteroatoms. The van der Waals surface area contributed by atoms with Crippen LogP contribution in [-0.2, 0) is 6.42 Å². The number of hydrogen-bond donors (Lipinski definition) is 0. The van der Waals surface area contributed by atoms with Crippen molar-refractivity contribution in [3.63, 3.8) is 0 Å². The zero-order valence-electron chi connectivity index (χ0n) is 14.7. The number of methoxy groups -OCH3 is 1. The first-order valence-electron chi connectivity index (χ1n) is 8.57. The van der Waals surface area contributed by atoms with Crippen LogP contribution in [0.15, 0.2) is 48.8 Å². The third-order valence-electron chi connectivity index (χ3n) is 4.66. The van der Waals surface area contributed by atoms with Crippen LogP contribution >= 0.6 is 11.6 Å². The molecular formula is C20H17ClFN3O2. The smallest absolute Gasteiger partial charge is 0.261 e. The van der Waals surface area contributed by atoms with E-state index in [0.29, 0.717) is 28.6 Å². The van der Waals surface area contributed by atoms with Gasteiger partial charge in [0.15, 0.2) is 0 Å². The van der Waals surface area contributed by atoms with Gasteiger partial charge in [0, 0.05) is 17.8 Å². The van der Waals surface area contributed by atoms with Crippen molar-refractivity contribution in [2.75, 3.05) is 18.6 Å². The van der Waals surface area contributed by atoms with Crippen molar-refractivity contribution in [3.05, 3.63) is 70.8 Å². The van der Waals surface area contributed by atoms with Gasteiger partial charge in [-0.15, -0.1) is 0 Å². The summed E-state index contributed by atoms with van der Waals surface area (Å²) in [7, 11) is 1.57. The summed E-state index contributed by atoms with van der Waals surface area (Å²) in [5, 5.41) is 4.77. The molecule has 0 N–H and O–H groups in total. The van der Waals surface area contributed by atoms with E-state index in [1.54, 1.807) is 42.3 Å². The minimum absolute atomic E-state index is 0.223. The van der Waals surface area contributed by atoms with E-state index in [0.717, 1.165) is 18.4 Å². The number of rotatable bonds is 3. The molecule has 2 heterocycles. The van der Waals surface area contributed by atoms with Crippen LogP contribution < -0.4 is 9.64 Å². The van der Waals surface area contributed by atoms with Crippen molar-refractivity contribution in [3.8, 4) is 11.4 Å². The molecule has 0 spiro atoms. The van der Waals surface area contributed by atoms with E-state index < -0.39 is 5.82 Å². The molecule has 0 saturated heterocycles. The Kier molecular flexibility index (Phi) is 4.58. The van der Waals surface area contributed by atoms with Gasteiger partial charge in [0.1, 0.15) is 17.3 Å². The van der Waals surface area contributed by atoms with Gasteiger partial charge in [0.05, 0.1) is 24.6 Å². The SMILES string of the molecule is COc1ccc(Cl)c2c1N(C(=O)c1cnn(-c3ccccc3F)c1)CCC2. The Labute approximate surface area is 160 Å². The summed E-state index contributed by atoms with van der Waals surface area (Å²) in [4.78, 5) is 14.8. The molecule has 1 amide bonds. The number of hydrogen-bond acceptors (Lipinski definition) is 3. The summed E-state index contributed by atoms with van der Waals surface area (Å²) in [5.74, 6) is -0.0283. The van der Waals surface area contributed by atoms with Gasteiger partial charge in [0.2, 0.25) is 0 Å². The number of anilines is 1. The normalized spacial score (nSPS) is 13.4. The number of para-hydroxylation sites is 1. The van der Waals surface area contributed by atoms with Crippen LogP contribution in [0.1, 0.15) is 22.3 Å². The molecule has 0 saturated carbocycles. The summed E-state index contributed by atoms with van der Waals surface area (Å²) in [6.07, 6.45) is 4.56. The van der Waals surface area contributed by atoms with E-state index in [1.165, 1.54) is 23.1 Å². The molecule has 0 unspecified atom stereocenters. The highest BCUT2D eigenvalue weighted by atomic mass is 35.5. The van der Waals surface area contributed by atoms with Crippen molar-refractivity contribution >= 4 is 23.2 Å². The molecule has 1 aliphatic heterocycles. The maximum atomic E-state index is 14.0. The Hall–Kier alpha value is -2.86. The highest BCUT2D eigenvalue weighted by Crippen LogP contribution is 2.40. The van der Waals surface area contributed by atoms with Crippen molar-refractivity contribution in [2.24, 2.45) is 0 Å². The first kappa shape index (κ1) is 17.5. The molecule has 4 rings (SSSR count). The number of halogens is 2. The van der Waals surface area contributed by atoms with Crippen LogP contribution in [0.2, 0.25) is 5.02 Å². The largest absolute Gasteiger partial charge is 0.495 e. The molecule has 0 aliphatic carbocycles. The van der Waals surface area contributed by atoms with E-state index >= 15 is 0 Å². The summed E-state index contributed by atoms with van der Waals surface area (Å²) in [5.41, 5.74) is 2.25. The minimum atomic E-state index is -0.406. The maximum absolute atomic E-state index is 14.0. The van der Waals surface area contributed by atoms with Gasteiger partial charge >= 0.3 is 0 Å². The highest BCUT2D eigenvalue weighted by molar-refractivity contribution is 6.32. The fraction of sp³-hybridized carbons (Fsp3) is 0.200. The fourth-order valence-corrected chi connectivity index (χ4v) is 3.62. The molecule has 0 atom stereocenters. The van der Waals surface area contributed by atoms with Gasteiger partial charge in [-0.1, -0.05) is 23.7 Å². The number of nitrogens with zero attached hydrogens (tertiary/aromatic N) is 3. The Morgan fingerprint density at radius 2 is 2.07 bits per heavy atom. The average molecular weight is 386 g/mol. The van der Waals surface area contributed by atoms with Crippen molar-refractivity contribution in [2.45, 2.75) is 12.8 Å². The zero-order chi connectivity index (χ0) is 19.0. The number of benzene rings is 2. The Balaban J connectivity index is 1.72. The topological polar surface area (TPSA) is 47.4 Å². The van der Waals surface area contributed by atoms with Crippen LogP contribution in [-0.4, -0.2) is 29.3 Å². The van der Waals surface area contributed by atoms with Crippen molar-refractivity contribution in [1.82, 2.24) is 9.78 Å². The molecule has 5 nitrogen and oxygen atoms in total. The second-order valence-corrected chi connectivity index (χ2v) is 6.67. The van der Waals surface area contributed by atoms with Gasteiger partial charge < -0.3 is 9.64 Å². The monoisotopic (exact) mass is 385 g/mol. The molecule has 0 bridgehead atoms. The second kappa shape index (κ2) is 7.04. The highest BCUT2D eigenvalue weighted by Gasteiger charge is 2.29. The van der Waals surface area contributed by atoms with Crippen molar-refractivity contribution < 1.29 is 13.9 Å². The predicted molar refractivity (Wildman–Crippen MR) is 102 cm³/mol. The number of aromatic nitrogens is 2. The molecule has 2 aromatic carbocycles. The lowest BCUT2D eigenvalue weighted by atomic mass is 10.00. The van der Waals surface area contributed by atoms with Crippen molar-refractivity contribution in [1.29, 1.82) is 0 Å². The number of amides is 1. The summed E-state index contributed by atoms with van der Waals surface area (Å²) < 4.78 is 20.8. The second-order valence-electron chi connectivity index (χ2n) is 6.26. The van der Waals surface area contributed by atoms with Crippen LogP contribution in [0.3, 0.4) is 0 Å². The Morgan fingerprint density at radius 3 is 2.85 bits per heavy atom. The average Bonchev–Trinajstić information content (AvgIpc) is 3.18. The fourth-order valence-electron chi connectivity index (χ4n) is 3.38. The van der Waals surface area contributed by atoms with E-state index in [4.69, 9.17) is 16.3 Å². The number of fused-ring (bicyclic) bond motifs is 1. The molecule has 138 valence electrons. The standard InChI is InChI=1S/C20H17ClFN3O2/c1-27-18-9-8-15(21)14-5-4-10-24(19(14)18)20(26)13-11-23-25(12-13)17-7-3-2-6-16(17)22/h2-3,6-9,11-12H,4-5,10H2,1H3. The molecule has 0 fully saturated rings. The lowest BCUT2D eigenvalue weighted by molar-refractivity contribution is 0.0984. The van der Waals surface area contributed by atoms with E-state index in [9.17, 15) is 9.18 Å². The van der Waals surface area contributed by atoms with Crippen LogP contribution in [0, 0.1) is 5.82 Å². The van der Waals surface area contributed by atoms with Gasteiger partial charge in [-0.25, -0.2) is 9.07 Å². The van der Waals surface area contributed by atoms with Crippen LogP contribution in [0.5, 0.6) is 5.75 Å². The number of ether oxygens (including phenoxy) is 1. The maximum Gasteiger partial charge on any atom is 0.261 e. The predicted octanol–water partition coefficient (Wildman–Crippen LogP) is 4.27. The zero-order valence-corrected chi connectivity index (χ0v) is 15.4. The van der Waals surface area contributed by atoms with Gasteiger partial charge in [-0.05, 0) is 42.7 Å². The van der Waals surface area contributed by atoms with Crippen LogP contribution in [0.4, 0.5) is 10.1 Å². The third kappa shape index (κ3) is 3.06. The summed E-state index contributed by atoms with van der Waals surface area (Å²) in [6, 6.07) is 9.82. The minimum Gasteiger partial charge on any atom is -0.495 e. The first-order valence-corrected chi connectivity index (χ1v) is 8.94. The van der Waals surface area contributed by atoms with E-state index in [1.807, 2.05) is 0 Å². The van der Waals surface area contributed by atoms with Gasteiger partial charge in [-0.3, -0.25) is 4.79 Å². The molecule has 3 aromatic rings. The van der Waals surface area contributed by atoms with Gasteiger partial charge in [-0.2, -0.15) is 5.10 Å². The quantitative estimate of drug-likeness (QED) is 0.676. The third-order valence-corrected chi connectivity index (χ3v) is 5.01. The lowest BCUT2D eigenvalue weighted by Gasteiger charge is -2.31. The van der Waals surface area contributed by atoms with E-state index in [2.05, 4.69) is 5.10 Å². The van der Waals surface area contributed by atoms with Gasteiger partial charge in [0.25, 0.3) is 5.91 Å². The van der Waals surface area contributed by atoms with E-state index in [-0.39, 0.29) is 11.6 Å². The first-order chi connectivity index (χ1) is 13.1. The summed E-state index contributed by atoms with van der Waals surface area (Å²) in [6.45, 7) is 0.549. The Morgan fingerprint density at radius 1 is 1.26 bits per heavy atom. The Bertz CT molecular complexity index is 1020. The number of carbonyl (C=O) groups is 1. The molecule has 27 heavy (non-hydrogen) atoms. The lowest BCUT2D eigenvalue weighted by Crippen LogP contribution is -2.35. The molecule has 1 aliphatic rings.